The molecule has 0 saturated carbocycles. The third-order valence-electron chi connectivity index (χ3n) is 4.02. The molecular formula is C14H21ClN4OS. The third-order valence-corrected chi connectivity index (χ3v) is 4.89. The van der Waals surface area contributed by atoms with E-state index >= 15 is 0 Å². The molecule has 21 heavy (non-hydrogen) atoms. The summed E-state index contributed by atoms with van der Waals surface area (Å²) < 4.78 is 5.38. The van der Waals surface area contributed by atoms with E-state index in [2.05, 4.69) is 22.0 Å². The van der Waals surface area contributed by atoms with Crippen LogP contribution in [0.2, 0.25) is 0 Å². The Hall–Kier alpha value is -0.950. The number of hydrogen-bond acceptors (Lipinski definition) is 6. The maximum atomic E-state index is 5.91. The van der Waals surface area contributed by atoms with Crippen LogP contribution in [0.4, 0.5) is 0 Å². The van der Waals surface area contributed by atoms with Gasteiger partial charge in [-0.1, -0.05) is 18.1 Å². The Morgan fingerprint density at radius 2 is 2.38 bits per heavy atom. The minimum absolute atomic E-state index is 0. The fourth-order valence-electron chi connectivity index (χ4n) is 2.91. The van der Waals surface area contributed by atoms with Gasteiger partial charge in [0.1, 0.15) is 0 Å². The molecule has 0 spiro atoms. The molecule has 2 atom stereocenters. The zero-order valence-electron chi connectivity index (χ0n) is 12.1. The van der Waals surface area contributed by atoms with Crippen molar-refractivity contribution in [3.05, 3.63) is 23.4 Å². The third kappa shape index (κ3) is 3.63. The predicted octanol–water partition coefficient (Wildman–Crippen LogP) is 2.78. The molecule has 2 aromatic heterocycles. The summed E-state index contributed by atoms with van der Waals surface area (Å²) in [4.78, 5) is 7.91. The lowest BCUT2D eigenvalue weighted by Gasteiger charge is -2.38. The van der Waals surface area contributed by atoms with Crippen LogP contribution in [0.5, 0.6) is 0 Å². The van der Waals surface area contributed by atoms with E-state index in [0.29, 0.717) is 36.8 Å². The molecule has 1 aliphatic rings. The molecule has 1 saturated heterocycles. The van der Waals surface area contributed by atoms with E-state index < -0.39 is 0 Å². The lowest BCUT2D eigenvalue weighted by molar-refractivity contribution is 0.0874. The molecular weight excluding hydrogens is 308 g/mol. The molecule has 1 aliphatic heterocycles. The SMILES string of the molecule is CC1CCCN(Cc2nc(-c3cccs3)no2)C1CN.Cl. The fraction of sp³-hybridized carbons (Fsp3) is 0.571. The minimum atomic E-state index is 0. The van der Waals surface area contributed by atoms with Gasteiger partial charge < -0.3 is 10.3 Å². The summed E-state index contributed by atoms with van der Waals surface area (Å²) in [6, 6.07) is 4.42. The van der Waals surface area contributed by atoms with Crippen LogP contribution in [0.15, 0.2) is 22.0 Å². The summed E-state index contributed by atoms with van der Waals surface area (Å²) in [5.74, 6) is 2.00. The van der Waals surface area contributed by atoms with E-state index in [1.54, 1.807) is 11.3 Å². The van der Waals surface area contributed by atoms with Crippen molar-refractivity contribution in [3.8, 4) is 10.7 Å². The molecule has 2 unspecified atom stereocenters. The van der Waals surface area contributed by atoms with Crippen molar-refractivity contribution >= 4 is 23.7 Å². The number of piperidine rings is 1. The number of nitrogens with two attached hydrogens (primary N) is 1. The van der Waals surface area contributed by atoms with Gasteiger partial charge >= 0.3 is 0 Å². The molecule has 0 amide bonds. The van der Waals surface area contributed by atoms with Crippen LogP contribution >= 0.6 is 23.7 Å². The summed E-state index contributed by atoms with van der Waals surface area (Å²) in [5, 5.41) is 6.08. The minimum Gasteiger partial charge on any atom is -0.338 e. The highest BCUT2D eigenvalue weighted by atomic mass is 35.5. The summed E-state index contributed by atoms with van der Waals surface area (Å²) in [5.41, 5.74) is 5.91. The Balaban J connectivity index is 0.00000161. The summed E-state index contributed by atoms with van der Waals surface area (Å²) in [7, 11) is 0. The van der Waals surface area contributed by atoms with Gasteiger partial charge in [0.15, 0.2) is 0 Å². The maximum Gasteiger partial charge on any atom is 0.241 e. The molecule has 116 valence electrons. The van der Waals surface area contributed by atoms with Gasteiger partial charge in [0, 0.05) is 12.6 Å². The first-order valence-electron chi connectivity index (χ1n) is 7.08. The zero-order chi connectivity index (χ0) is 13.9. The van der Waals surface area contributed by atoms with Crippen molar-refractivity contribution in [1.82, 2.24) is 15.0 Å². The molecule has 0 bridgehead atoms. The first kappa shape index (κ1) is 16.4. The maximum absolute atomic E-state index is 5.91. The molecule has 0 aliphatic carbocycles. The first-order chi connectivity index (χ1) is 9.78. The second kappa shape index (κ2) is 7.35. The summed E-state index contributed by atoms with van der Waals surface area (Å²) >= 11 is 1.62. The molecule has 2 N–H and O–H groups in total. The first-order valence-corrected chi connectivity index (χ1v) is 7.96. The molecule has 2 aromatic rings. The highest BCUT2D eigenvalue weighted by Gasteiger charge is 2.28. The van der Waals surface area contributed by atoms with Crippen molar-refractivity contribution in [3.63, 3.8) is 0 Å². The lowest BCUT2D eigenvalue weighted by atomic mass is 9.91. The second-order valence-electron chi connectivity index (χ2n) is 5.38. The Morgan fingerprint density at radius 3 is 3.10 bits per heavy atom. The summed E-state index contributed by atoms with van der Waals surface area (Å²) in [6.45, 7) is 4.72. The normalized spacial score (nSPS) is 23.0. The van der Waals surface area contributed by atoms with Crippen LogP contribution in [-0.2, 0) is 6.54 Å². The highest BCUT2D eigenvalue weighted by molar-refractivity contribution is 7.13. The largest absolute Gasteiger partial charge is 0.338 e. The van der Waals surface area contributed by atoms with Gasteiger partial charge in [-0.25, -0.2) is 0 Å². The molecule has 3 heterocycles. The Kier molecular flexibility index (Phi) is 5.75. The Bertz CT molecular complexity index is 545. The van der Waals surface area contributed by atoms with Gasteiger partial charge in [-0.3, -0.25) is 4.90 Å². The standard InChI is InChI=1S/C14H20N4OS.ClH/c1-10-4-2-6-18(11(10)8-15)9-13-16-14(17-19-13)12-5-3-7-20-12;/h3,5,7,10-11H,2,4,6,8-9,15H2,1H3;1H. The van der Waals surface area contributed by atoms with Crippen molar-refractivity contribution in [1.29, 1.82) is 0 Å². The van der Waals surface area contributed by atoms with Gasteiger partial charge in [-0.15, -0.1) is 23.7 Å². The number of thiophene rings is 1. The molecule has 3 rings (SSSR count). The van der Waals surface area contributed by atoms with Gasteiger partial charge in [0.05, 0.1) is 11.4 Å². The molecule has 0 radical (unpaired) electrons. The topological polar surface area (TPSA) is 68.2 Å². The molecule has 0 aromatic carbocycles. The number of nitrogens with zero attached hydrogens (tertiary/aromatic N) is 3. The van der Waals surface area contributed by atoms with Crippen molar-refractivity contribution < 1.29 is 4.52 Å². The average Bonchev–Trinajstić information content (AvgIpc) is 3.09. The van der Waals surface area contributed by atoms with Gasteiger partial charge in [0.25, 0.3) is 0 Å². The number of aromatic nitrogens is 2. The fourth-order valence-corrected chi connectivity index (χ4v) is 3.56. The monoisotopic (exact) mass is 328 g/mol. The van der Waals surface area contributed by atoms with Crippen LogP contribution in [0.25, 0.3) is 10.7 Å². The van der Waals surface area contributed by atoms with E-state index in [4.69, 9.17) is 10.3 Å². The molecule has 5 nitrogen and oxygen atoms in total. The number of likely N-dealkylation sites (tertiary alicyclic amines) is 1. The van der Waals surface area contributed by atoms with E-state index in [0.717, 1.165) is 11.4 Å². The second-order valence-corrected chi connectivity index (χ2v) is 6.33. The lowest BCUT2D eigenvalue weighted by Crippen LogP contribution is -2.48. The zero-order valence-corrected chi connectivity index (χ0v) is 13.7. The van der Waals surface area contributed by atoms with E-state index in [1.165, 1.54) is 12.8 Å². The van der Waals surface area contributed by atoms with Gasteiger partial charge in [0.2, 0.25) is 11.7 Å². The molecule has 7 heteroatoms. The van der Waals surface area contributed by atoms with Crippen LogP contribution in [0, 0.1) is 5.92 Å². The van der Waals surface area contributed by atoms with Gasteiger partial charge in [-0.2, -0.15) is 4.98 Å². The van der Waals surface area contributed by atoms with Gasteiger partial charge in [-0.05, 0) is 36.8 Å². The van der Waals surface area contributed by atoms with Crippen LogP contribution in [0.3, 0.4) is 0 Å². The van der Waals surface area contributed by atoms with Crippen molar-refractivity contribution in [2.24, 2.45) is 11.7 Å². The van der Waals surface area contributed by atoms with E-state index in [1.807, 2.05) is 17.5 Å². The summed E-state index contributed by atoms with van der Waals surface area (Å²) in [6.07, 6.45) is 2.46. The Labute approximate surface area is 134 Å². The Morgan fingerprint density at radius 1 is 1.52 bits per heavy atom. The van der Waals surface area contributed by atoms with E-state index in [-0.39, 0.29) is 12.4 Å². The van der Waals surface area contributed by atoms with Crippen LogP contribution < -0.4 is 5.73 Å². The number of hydrogen-bond donors (Lipinski definition) is 1. The van der Waals surface area contributed by atoms with Crippen LogP contribution in [-0.4, -0.2) is 34.2 Å². The van der Waals surface area contributed by atoms with E-state index in [9.17, 15) is 0 Å². The molecule has 1 fully saturated rings. The van der Waals surface area contributed by atoms with Crippen molar-refractivity contribution in [2.45, 2.75) is 32.4 Å². The number of rotatable bonds is 4. The quantitative estimate of drug-likeness (QED) is 0.934. The predicted molar refractivity (Wildman–Crippen MR) is 86.5 cm³/mol. The smallest absolute Gasteiger partial charge is 0.241 e. The highest BCUT2D eigenvalue weighted by Crippen LogP contribution is 2.25. The average molecular weight is 329 g/mol. The van der Waals surface area contributed by atoms with Crippen molar-refractivity contribution in [2.75, 3.05) is 13.1 Å². The van der Waals surface area contributed by atoms with Crippen LogP contribution in [0.1, 0.15) is 25.7 Å². The number of halogens is 1.